The number of hydrogen-bond acceptors (Lipinski definition) is 5. The summed E-state index contributed by atoms with van der Waals surface area (Å²) in [4.78, 5) is 11.8. The van der Waals surface area contributed by atoms with E-state index >= 15 is 0 Å². The summed E-state index contributed by atoms with van der Waals surface area (Å²) in [7, 11) is 0. The molecule has 0 amide bonds. The summed E-state index contributed by atoms with van der Waals surface area (Å²) in [5, 5.41) is 16.5. The Kier molecular flexibility index (Phi) is 4.03. The highest BCUT2D eigenvalue weighted by Gasteiger charge is 2.13. The van der Waals surface area contributed by atoms with Crippen LogP contribution < -0.4 is 0 Å². The summed E-state index contributed by atoms with van der Waals surface area (Å²) in [5.41, 5.74) is 1.71. The van der Waals surface area contributed by atoms with Gasteiger partial charge in [-0.1, -0.05) is 26.2 Å². The summed E-state index contributed by atoms with van der Waals surface area (Å²) in [6, 6.07) is 5.05. The van der Waals surface area contributed by atoms with Crippen molar-refractivity contribution in [1.82, 2.24) is 10.3 Å². The number of halogens is 1. The number of aromatic nitrogens is 2. The highest BCUT2D eigenvalue weighted by atomic mass is 79.9. The van der Waals surface area contributed by atoms with E-state index in [4.69, 9.17) is 5.11 Å². The minimum absolute atomic E-state index is 0.275. The Morgan fingerprint density at radius 3 is 2.89 bits per heavy atom. The predicted octanol–water partition coefficient (Wildman–Crippen LogP) is 3.13. The molecule has 0 aliphatic carbocycles. The second kappa shape index (κ2) is 5.53. The van der Waals surface area contributed by atoms with Gasteiger partial charge in [-0.2, -0.15) is 0 Å². The molecule has 2 aromatic rings. The predicted molar refractivity (Wildman–Crippen MR) is 69.7 cm³/mol. The molecule has 0 unspecified atom stereocenters. The van der Waals surface area contributed by atoms with Crippen molar-refractivity contribution in [3.05, 3.63) is 39.6 Å². The zero-order chi connectivity index (χ0) is 13.1. The number of benzene rings is 1. The number of nitrogens with zero attached hydrogens (tertiary/aromatic N) is 2. The summed E-state index contributed by atoms with van der Waals surface area (Å²) >= 11 is 4.71. The quantitative estimate of drug-likeness (QED) is 0.869. The van der Waals surface area contributed by atoms with Crippen molar-refractivity contribution in [2.75, 3.05) is 0 Å². The number of aromatic carboxylic acids is 1. The van der Waals surface area contributed by atoms with Crippen LogP contribution in [0.5, 0.6) is 0 Å². The maximum atomic E-state index is 11.1. The van der Waals surface area contributed by atoms with E-state index in [0.29, 0.717) is 10.6 Å². The van der Waals surface area contributed by atoms with Crippen LogP contribution in [-0.4, -0.2) is 21.4 Å². The van der Waals surface area contributed by atoms with Crippen LogP contribution in [0.4, 0.5) is 0 Å². The Morgan fingerprint density at radius 2 is 2.28 bits per heavy atom. The lowest BCUT2D eigenvalue weighted by molar-refractivity contribution is 0.0693. The van der Waals surface area contributed by atoms with Gasteiger partial charge in [-0.15, -0.1) is 11.8 Å². The molecule has 0 aliphatic rings. The first-order chi connectivity index (χ1) is 8.58. The van der Waals surface area contributed by atoms with Crippen molar-refractivity contribution in [2.45, 2.75) is 17.6 Å². The monoisotopic (exact) mass is 328 g/mol. The van der Waals surface area contributed by atoms with Crippen molar-refractivity contribution in [3.8, 4) is 0 Å². The molecule has 1 heterocycles. The topological polar surface area (TPSA) is 76.2 Å². The van der Waals surface area contributed by atoms with E-state index in [9.17, 15) is 4.79 Å². The van der Waals surface area contributed by atoms with Gasteiger partial charge in [0.1, 0.15) is 11.4 Å². The van der Waals surface area contributed by atoms with Gasteiger partial charge in [0.15, 0.2) is 0 Å². The van der Waals surface area contributed by atoms with Crippen LogP contribution in [0.1, 0.15) is 21.7 Å². The number of hydrogen-bond donors (Lipinski definition) is 1. The molecule has 1 aromatic heterocycles. The third-order valence-corrected chi connectivity index (χ3v) is 3.84. The Balaban J connectivity index is 2.20. The smallest absolute Gasteiger partial charge is 0.336 e. The number of carbonyl (C=O) groups is 1. The maximum Gasteiger partial charge on any atom is 0.336 e. The van der Waals surface area contributed by atoms with Gasteiger partial charge in [0, 0.05) is 15.1 Å². The molecular weight excluding hydrogens is 320 g/mol. The first kappa shape index (κ1) is 13.1. The van der Waals surface area contributed by atoms with E-state index in [1.54, 1.807) is 25.1 Å². The molecule has 2 rings (SSSR count). The fourth-order valence-corrected chi connectivity index (χ4v) is 2.91. The minimum atomic E-state index is -0.944. The van der Waals surface area contributed by atoms with E-state index in [-0.39, 0.29) is 5.56 Å². The van der Waals surface area contributed by atoms with Crippen LogP contribution in [0, 0.1) is 6.92 Å². The van der Waals surface area contributed by atoms with E-state index in [2.05, 4.69) is 30.9 Å². The highest BCUT2D eigenvalue weighted by Crippen LogP contribution is 2.29. The van der Waals surface area contributed by atoms with Gasteiger partial charge >= 0.3 is 5.97 Å². The Morgan fingerprint density at radius 1 is 1.50 bits per heavy atom. The van der Waals surface area contributed by atoms with Gasteiger partial charge in [-0.3, -0.25) is 0 Å². The molecule has 1 N–H and O–H groups in total. The lowest BCUT2D eigenvalue weighted by atomic mass is 10.2. The van der Waals surface area contributed by atoms with Crippen LogP contribution in [0.15, 0.2) is 32.2 Å². The molecule has 0 radical (unpaired) electrons. The van der Waals surface area contributed by atoms with Crippen LogP contribution >= 0.6 is 27.7 Å². The van der Waals surface area contributed by atoms with Gasteiger partial charge in [-0.05, 0) is 25.1 Å². The number of rotatable bonds is 4. The fraction of sp³-hybridized carbons (Fsp3) is 0.182. The van der Waals surface area contributed by atoms with Crippen molar-refractivity contribution in [2.24, 2.45) is 0 Å². The second-order valence-electron chi connectivity index (χ2n) is 3.53. The van der Waals surface area contributed by atoms with E-state index < -0.39 is 5.97 Å². The largest absolute Gasteiger partial charge is 0.478 e. The SMILES string of the molecule is Cc1nonc1CSc1cc(Br)ccc1C(=O)O. The van der Waals surface area contributed by atoms with Crippen molar-refractivity contribution < 1.29 is 14.5 Å². The summed E-state index contributed by atoms with van der Waals surface area (Å²) in [6.07, 6.45) is 0. The number of carboxylic acid groups (broad SMARTS) is 1. The summed E-state index contributed by atoms with van der Waals surface area (Å²) < 4.78 is 5.43. The molecule has 0 saturated carbocycles. The Hall–Kier alpha value is -1.34. The molecule has 0 aliphatic heterocycles. The molecule has 5 nitrogen and oxygen atoms in total. The normalized spacial score (nSPS) is 10.6. The van der Waals surface area contributed by atoms with Gasteiger partial charge < -0.3 is 5.11 Å². The molecule has 1 aromatic carbocycles. The van der Waals surface area contributed by atoms with Crippen LogP contribution in [0.25, 0.3) is 0 Å². The molecule has 7 heteroatoms. The highest BCUT2D eigenvalue weighted by molar-refractivity contribution is 9.10. The second-order valence-corrected chi connectivity index (χ2v) is 5.46. The van der Waals surface area contributed by atoms with Crippen LogP contribution in [0.3, 0.4) is 0 Å². The van der Waals surface area contributed by atoms with Crippen LogP contribution in [-0.2, 0) is 5.75 Å². The Labute approximate surface area is 116 Å². The third kappa shape index (κ3) is 2.91. The number of aryl methyl sites for hydroxylation is 1. The van der Waals surface area contributed by atoms with Crippen molar-refractivity contribution in [3.63, 3.8) is 0 Å². The van der Waals surface area contributed by atoms with Crippen molar-refractivity contribution in [1.29, 1.82) is 0 Å². The number of thioether (sulfide) groups is 1. The molecule has 0 atom stereocenters. The first-order valence-corrected chi connectivity index (χ1v) is 6.79. The van der Waals surface area contributed by atoms with E-state index in [0.717, 1.165) is 15.9 Å². The Bertz CT molecular complexity index is 585. The summed E-state index contributed by atoms with van der Waals surface area (Å²) in [5.74, 6) is -0.425. The van der Waals surface area contributed by atoms with Gasteiger partial charge in [0.25, 0.3) is 0 Å². The third-order valence-electron chi connectivity index (χ3n) is 2.28. The van der Waals surface area contributed by atoms with Crippen LogP contribution in [0.2, 0.25) is 0 Å². The average molecular weight is 329 g/mol. The van der Waals surface area contributed by atoms with Crippen molar-refractivity contribution >= 4 is 33.7 Å². The minimum Gasteiger partial charge on any atom is -0.478 e. The fourth-order valence-electron chi connectivity index (χ4n) is 1.32. The zero-order valence-corrected chi connectivity index (χ0v) is 11.8. The number of carboxylic acids is 1. The molecule has 0 saturated heterocycles. The molecule has 0 bridgehead atoms. The first-order valence-electron chi connectivity index (χ1n) is 5.01. The molecular formula is C11H9BrN2O3S. The van der Waals surface area contributed by atoms with Gasteiger partial charge in [0.2, 0.25) is 0 Å². The molecule has 0 spiro atoms. The van der Waals surface area contributed by atoms with Gasteiger partial charge in [0.05, 0.1) is 5.56 Å². The molecule has 94 valence electrons. The lowest BCUT2D eigenvalue weighted by Crippen LogP contribution is -1.99. The lowest BCUT2D eigenvalue weighted by Gasteiger charge is -2.05. The molecule has 0 fully saturated rings. The molecule has 18 heavy (non-hydrogen) atoms. The summed E-state index contributed by atoms with van der Waals surface area (Å²) in [6.45, 7) is 1.80. The van der Waals surface area contributed by atoms with E-state index in [1.165, 1.54) is 11.8 Å². The standard InChI is InChI=1S/C11H9BrN2O3S/c1-6-9(14-17-13-6)5-18-10-4-7(12)2-3-8(10)11(15)16/h2-4H,5H2,1H3,(H,15,16). The van der Waals surface area contributed by atoms with E-state index in [1.807, 2.05) is 0 Å². The maximum absolute atomic E-state index is 11.1. The van der Waals surface area contributed by atoms with Gasteiger partial charge in [-0.25, -0.2) is 9.42 Å². The average Bonchev–Trinajstić information content (AvgIpc) is 2.72. The zero-order valence-electron chi connectivity index (χ0n) is 9.38.